The first-order valence-electron chi connectivity index (χ1n) is 12.0. The predicted molar refractivity (Wildman–Crippen MR) is 130 cm³/mol. The van der Waals surface area contributed by atoms with E-state index in [0.29, 0.717) is 18.5 Å². The highest BCUT2D eigenvalue weighted by Gasteiger charge is 2.16. The van der Waals surface area contributed by atoms with Gasteiger partial charge >= 0.3 is 6.09 Å². The molecule has 0 saturated carbocycles. The highest BCUT2D eigenvalue weighted by molar-refractivity contribution is 7.85. The molecule has 0 bridgehead atoms. The molecule has 0 aliphatic carbocycles. The van der Waals surface area contributed by atoms with E-state index < -0.39 is 15.7 Å². The molecule has 0 aliphatic heterocycles. The molecule has 1 aromatic carbocycles. The van der Waals surface area contributed by atoms with Crippen LogP contribution in [0, 0.1) is 6.92 Å². The minimum Gasteiger partial charge on any atom is -0.444 e. The van der Waals surface area contributed by atoms with Crippen LogP contribution in [-0.4, -0.2) is 31.2 Å². The molecule has 0 atom stereocenters. The molecule has 0 fully saturated rings. The fourth-order valence-electron chi connectivity index (χ4n) is 3.69. The van der Waals surface area contributed by atoms with Crippen molar-refractivity contribution in [1.29, 1.82) is 0 Å². The quantitative estimate of drug-likeness (QED) is 0.223. The van der Waals surface area contributed by atoms with Crippen LogP contribution in [0.5, 0.6) is 0 Å². The lowest BCUT2D eigenvalue weighted by atomic mass is 10.0. The van der Waals surface area contributed by atoms with E-state index in [1.807, 2.05) is 33.8 Å². The van der Waals surface area contributed by atoms with E-state index in [0.717, 1.165) is 37.7 Å². The van der Waals surface area contributed by atoms with Crippen molar-refractivity contribution < 1.29 is 22.5 Å². The molecule has 32 heavy (non-hydrogen) atoms. The van der Waals surface area contributed by atoms with Crippen LogP contribution in [0.1, 0.15) is 103 Å². The summed E-state index contributed by atoms with van der Waals surface area (Å²) in [6.45, 7) is 8.18. The third-order valence-corrected chi connectivity index (χ3v) is 6.24. The number of carbonyl (C=O) groups is 1. The maximum absolute atomic E-state index is 11.5. The highest BCUT2D eigenvalue weighted by Crippen LogP contribution is 2.20. The number of amides is 1. The lowest BCUT2D eigenvalue weighted by molar-refractivity contribution is 0.0527. The molecule has 0 spiro atoms. The van der Waals surface area contributed by atoms with Crippen LogP contribution in [0.4, 0.5) is 4.79 Å². The molecule has 0 saturated heterocycles. The molecule has 1 aromatic rings. The van der Waals surface area contributed by atoms with Crippen LogP contribution in [0.25, 0.3) is 0 Å². The van der Waals surface area contributed by atoms with Gasteiger partial charge in [0.05, 0.1) is 4.90 Å². The Bertz CT molecular complexity index is 784. The van der Waals surface area contributed by atoms with Gasteiger partial charge < -0.3 is 10.1 Å². The van der Waals surface area contributed by atoms with Gasteiger partial charge in [-0.05, 0) is 58.6 Å². The van der Waals surface area contributed by atoms with Crippen molar-refractivity contribution in [3.63, 3.8) is 0 Å². The van der Waals surface area contributed by atoms with E-state index in [1.54, 1.807) is 6.07 Å². The van der Waals surface area contributed by atoms with Gasteiger partial charge in [-0.15, -0.1) is 0 Å². The molecule has 1 amide bonds. The van der Waals surface area contributed by atoms with Gasteiger partial charge in [-0.3, -0.25) is 4.55 Å². The van der Waals surface area contributed by atoms with Gasteiger partial charge in [0.15, 0.2) is 0 Å². The number of benzene rings is 1. The van der Waals surface area contributed by atoms with E-state index in [2.05, 4.69) is 5.32 Å². The monoisotopic (exact) mass is 469 g/mol. The van der Waals surface area contributed by atoms with Crippen LogP contribution in [0.15, 0.2) is 23.1 Å². The number of rotatable bonds is 15. The first-order valence-corrected chi connectivity index (χ1v) is 13.5. The van der Waals surface area contributed by atoms with Crippen molar-refractivity contribution in [2.24, 2.45) is 0 Å². The number of aryl methyl sites for hydroxylation is 2. The number of alkyl carbamates (subject to hydrolysis) is 1. The second kappa shape index (κ2) is 14.5. The first kappa shape index (κ1) is 28.4. The van der Waals surface area contributed by atoms with Crippen LogP contribution >= 0.6 is 0 Å². The average molecular weight is 470 g/mol. The summed E-state index contributed by atoms with van der Waals surface area (Å²) >= 11 is 0. The van der Waals surface area contributed by atoms with Crippen molar-refractivity contribution >= 4 is 16.2 Å². The van der Waals surface area contributed by atoms with Gasteiger partial charge in [-0.1, -0.05) is 75.5 Å². The summed E-state index contributed by atoms with van der Waals surface area (Å²) in [6.07, 6.45) is 13.0. The smallest absolute Gasteiger partial charge is 0.407 e. The zero-order valence-corrected chi connectivity index (χ0v) is 21.2. The molecule has 0 radical (unpaired) electrons. The maximum Gasteiger partial charge on any atom is 0.407 e. The van der Waals surface area contributed by atoms with Crippen molar-refractivity contribution in [3.8, 4) is 0 Å². The van der Waals surface area contributed by atoms with E-state index >= 15 is 0 Å². The molecular weight excluding hydrogens is 426 g/mol. The summed E-state index contributed by atoms with van der Waals surface area (Å²) in [5.41, 5.74) is 1.28. The summed E-state index contributed by atoms with van der Waals surface area (Å²) in [5, 5.41) is 2.79. The second-order valence-corrected chi connectivity index (χ2v) is 11.0. The van der Waals surface area contributed by atoms with Crippen LogP contribution in [-0.2, 0) is 21.3 Å². The number of nitrogens with one attached hydrogen (secondary N) is 1. The molecule has 6 nitrogen and oxygen atoms in total. The van der Waals surface area contributed by atoms with Crippen molar-refractivity contribution in [3.05, 3.63) is 29.3 Å². The van der Waals surface area contributed by atoms with Gasteiger partial charge in [0.2, 0.25) is 0 Å². The Balaban J connectivity index is 1.98. The Kier molecular flexibility index (Phi) is 12.9. The fourth-order valence-corrected chi connectivity index (χ4v) is 4.42. The number of hydrogen-bond acceptors (Lipinski definition) is 4. The maximum atomic E-state index is 11.5. The third kappa shape index (κ3) is 13.7. The van der Waals surface area contributed by atoms with E-state index in [-0.39, 0.29) is 11.0 Å². The summed E-state index contributed by atoms with van der Waals surface area (Å²) < 4.78 is 37.6. The Hall–Kier alpha value is -1.60. The zero-order chi connectivity index (χ0) is 24.0. The van der Waals surface area contributed by atoms with Gasteiger partial charge in [-0.2, -0.15) is 8.42 Å². The average Bonchev–Trinajstić information content (AvgIpc) is 2.66. The van der Waals surface area contributed by atoms with Crippen LogP contribution < -0.4 is 5.32 Å². The van der Waals surface area contributed by atoms with Gasteiger partial charge in [-0.25, -0.2) is 4.79 Å². The molecule has 0 aromatic heterocycles. The minimum absolute atomic E-state index is 0.0451. The predicted octanol–water partition coefficient (Wildman–Crippen LogP) is 6.60. The lowest BCUT2D eigenvalue weighted by Gasteiger charge is -2.19. The molecular formula is C25H43NO5S. The van der Waals surface area contributed by atoms with E-state index in [4.69, 9.17) is 4.74 Å². The van der Waals surface area contributed by atoms with E-state index in [9.17, 15) is 17.8 Å². The Morgan fingerprint density at radius 1 is 0.906 bits per heavy atom. The Labute approximate surface area is 195 Å². The Morgan fingerprint density at radius 3 is 1.91 bits per heavy atom. The molecule has 0 aliphatic rings. The first-order chi connectivity index (χ1) is 15.0. The molecule has 1 rings (SSSR count). The summed E-state index contributed by atoms with van der Waals surface area (Å²) in [7, 11) is -4.15. The summed E-state index contributed by atoms with van der Waals surface area (Å²) in [5.74, 6) is 0. The van der Waals surface area contributed by atoms with Crippen molar-refractivity contribution in [2.75, 3.05) is 6.54 Å². The van der Waals surface area contributed by atoms with Crippen molar-refractivity contribution in [1.82, 2.24) is 5.32 Å². The number of carbonyl (C=O) groups excluding carboxylic acids is 1. The minimum atomic E-state index is -4.15. The fraction of sp³-hybridized carbons (Fsp3) is 0.720. The molecule has 0 unspecified atom stereocenters. The molecule has 2 N–H and O–H groups in total. The normalized spacial score (nSPS) is 12.0. The molecule has 184 valence electrons. The second-order valence-electron chi connectivity index (χ2n) is 9.65. The largest absolute Gasteiger partial charge is 0.444 e. The Morgan fingerprint density at radius 2 is 1.41 bits per heavy atom. The van der Waals surface area contributed by atoms with E-state index in [1.165, 1.54) is 44.6 Å². The van der Waals surface area contributed by atoms with Gasteiger partial charge in [0, 0.05) is 6.54 Å². The highest BCUT2D eigenvalue weighted by atomic mass is 32.2. The number of ether oxygens (including phenoxy) is 1. The van der Waals surface area contributed by atoms with Gasteiger partial charge in [0.25, 0.3) is 10.1 Å². The topological polar surface area (TPSA) is 92.7 Å². The number of hydrogen-bond donors (Lipinski definition) is 2. The lowest BCUT2D eigenvalue weighted by Crippen LogP contribution is -2.32. The van der Waals surface area contributed by atoms with Crippen LogP contribution in [0.3, 0.4) is 0 Å². The zero-order valence-electron chi connectivity index (χ0n) is 20.4. The standard InChI is InChI=1S/C25H43NO5S/c1-21-17-18-23(32(28,29)30)22(20-21)16-14-12-10-8-6-5-7-9-11-13-15-19-26-24(27)31-25(2,3)4/h17-18,20H,5-16,19H2,1-4H3,(H,26,27)(H,28,29,30). The summed E-state index contributed by atoms with van der Waals surface area (Å²) in [6, 6.07) is 5.07. The van der Waals surface area contributed by atoms with Crippen LogP contribution in [0.2, 0.25) is 0 Å². The van der Waals surface area contributed by atoms with Crippen molar-refractivity contribution in [2.45, 2.75) is 115 Å². The third-order valence-electron chi connectivity index (χ3n) is 5.29. The molecule has 7 heteroatoms. The number of unbranched alkanes of at least 4 members (excludes halogenated alkanes) is 10. The SMILES string of the molecule is Cc1ccc(S(=O)(=O)O)c(CCCCCCCCCCCCCNC(=O)OC(C)(C)C)c1. The molecule has 0 heterocycles. The summed E-state index contributed by atoms with van der Waals surface area (Å²) in [4.78, 5) is 11.6. The van der Waals surface area contributed by atoms with Gasteiger partial charge in [0.1, 0.15) is 5.60 Å².